The summed E-state index contributed by atoms with van der Waals surface area (Å²) < 4.78 is 15.8. The van der Waals surface area contributed by atoms with Crippen molar-refractivity contribution in [3.05, 3.63) is 70.7 Å². The summed E-state index contributed by atoms with van der Waals surface area (Å²) >= 11 is 1.53. The van der Waals surface area contributed by atoms with Crippen LogP contribution in [0.1, 0.15) is 22.4 Å². The van der Waals surface area contributed by atoms with E-state index in [4.69, 9.17) is 0 Å². The molecular formula is C21H19FN4OS. The van der Waals surface area contributed by atoms with Crippen molar-refractivity contribution in [1.82, 2.24) is 14.8 Å². The van der Waals surface area contributed by atoms with Gasteiger partial charge in [0.2, 0.25) is 11.0 Å². The first kappa shape index (κ1) is 18.3. The molecular weight excluding hydrogens is 375 g/mol. The Balaban J connectivity index is 1.61. The summed E-state index contributed by atoms with van der Waals surface area (Å²) in [6, 6.07) is 11.9. The number of nitrogens with one attached hydrogen (secondary N) is 1. The van der Waals surface area contributed by atoms with Gasteiger partial charge in [-0.05, 0) is 61.7 Å². The number of hydrogen-bond donors (Lipinski definition) is 1. The molecule has 0 aliphatic rings. The average Bonchev–Trinajstić information content (AvgIpc) is 3.20. The summed E-state index contributed by atoms with van der Waals surface area (Å²) in [6.45, 7) is 6.01. The Morgan fingerprint density at radius 3 is 2.57 bits per heavy atom. The second-order valence-corrected chi connectivity index (χ2v) is 7.84. The van der Waals surface area contributed by atoms with E-state index in [1.165, 1.54) is 34.6 Å². The van der Waals surface area contributed by atoms with Gasteiger partial charge >= 0.3 is 0 Å². The Kier molecular flexibility index (Phi) is 4.68. The van der Waals surface area contributed by atoms with Crippen molar-refractivity contribution in [2.24, 2.45) is 0 Å². The molecule has 0 fully saturated rings. The molecule has 0 atom stereocenters. The van der Waals surface area contributed by atoms with Crippen LogP contribution in [-0.4, -0.2) is 20.7 Å². The van der Waals surface area contributed by atoms with E-state index in [2.05, 4.69) is 41.4 Å². The second kappa shape index (κ2) is 7.16. The summed E-state index contributed by atoms with van der Waals surface area (Å²) in [5, 5.41) is 8.09. The monoisotopic (exact) mass is 394 g/mol. The molecule has 28 heavy (non-hydrogen) atoms. The fourth-order valence-corrected chi connectivity index (χ4v) is 3.98. The summed E-state index contributed by atoms with van der Waals surface area (Å²) in [4.78, 5) is 17.1. The smallest absolute Gasteiger partial charge is 0.229 e. The third-order valence-electron chi connectivity index (χ3n) is 4.55. The van der Waals surface area contributed by atoms with Crippen molar-refractivity contribution in [3.8, 4) is 5.13 Å². The number of amides is 1. The van der Waals surface area contributed by atoms with Crippen LogP contribution in [0.3, 0.4) is 0 Å². The molecule has 0 spiro atoms. The molecule has 1 amide bonds. The van der Waals surface area contributed by atoms with Crippen molar-refractivity contribution >= 4 is 33.3 Å². The van der Waals surface area contributed by atoms with E-state index < -0.39 is 0 Å². The number of aromatic nitrogens is 3. The molecule has 1 N–H and O–H groups in total. The Morgan fingerprint density at radius 2 is 1.82 bits per heavy atom. The number of anilines is 1. The first-order valence-electron chi connectivity index (χ1n) is 8.88. The van der Waals surface area contributed by atoms with Gasteiger partial charge in [0.15, 0.2) is 0 Å². The van der Waals surface area contributed by atoms with Gasteiger partial charge in [0, 0.05) is 6.07 Å². The molecule has 0 aliphatic carbocycles. The van der Waals surface area contributed by atoms with E-state index in [9.17, 15) is 9.18 Å². The van der Waals surface area contributed by atoms with Gasteiger partial charge in [0.1, 0.15) is 11.6 Å². The predicted octanol–water partition coefficient (Wildman–Crippen LogP) is 4.73. The fraction of sp³-hybridized carbons (Fsp3) is 0.190. The number of benzene rings is 2. The van der Waals surface area contributed by atoms with E-state index in [0.717, 1.165) is 21.5 Å². The number of halogens is 1. The topological polar surface area (TPSA) is 59.8 Å². The molecule has 4 rings (SSSR count). The van der Waals surface area contributed by atoms with E-state index in [-0.39, 0.29) is 18.1 Å². The van der Waals surface area contributed by atoms with Crippen LogP contribution in [0.25, 0.3) is 15.3 Å². The molecule has 2 heterocycles. The first-order chi connectivity index (χ1) is 13.4. The number of carbonyl (C=O) groups is 1. The Bertz CT molecular complexity index is 1140. The number of rotatable bonds is 4. The van der Waals surface area contributed by atoms with Crippen LogP contribution < -0.4 is 5.32 Å². The van der Waals surface area contributed by atoms with Gasteiger partial charge in [-0.1, -0.05) is 23.5 Å². The van der Waals surface area contributed by atoms with Gasteiger partial charge in [0.25, 0.3) is 0 Å². The van der Waals surface area contributed by atoms with Gasteiger partial charge in [-0.2, -0.15) is 9.78 Å². The molecule has 0 saturated heterocycles. The summed E-state index contributed by atoms with van der Waals surface area (Å²) in [7, 11) is 0. The Hall–Kier alpha value is -3.06. The largest absolute Gasteiger partial charge is 0.310 e. The molecule has 5 nitrogen and oxygen atoms in total. The van der Waals surface area contributed by atoms with Crippen LogP contribution in [0.2, 0.25) is 0 Å². The standard InChI is InChI=1S/C21H19FN4OS/c1-12-8-17-18(9-13(12)2)28-21(23-17)26-19(10-14(3)25-26)24-20(27)11-15-4-6-16(22)7-5-15/h4-10H,11H2,1-3H3,(H,24,27). The Labute approximate surface area is 165 Å². The van der Waals surface area contributed by atoms with Gasteiger partial charge in [-0.3, -0.25) is 4.79 Å². The van der Waals surface area contributed by atoms with Gasteiger partial charge in [-0.15, -0.1) is 0 Å². The van der Waals surface area contributed by atoms with Crippen molar-refractivity contribution in [2.75, 3.05) is 5.32 Å². The summed E-state index contributed by atoms with van der Waals surface area (Å²) in [6.07, 6.45) is 0.155. The summed E-state index contributed by atoms with van der Waals surface area (Å²) in [5.74, 6) is 0.0526. The number of carbonyl (C=O) groups excluding carboxylic acids is 1. The highest BCUT2D eigenvalue weighted by atomic mass is 32.1. The van der Waals surface area contributed by atoms with Crippen LogP contribution >= 0.6 is 11.3 Å². The molecule has 0 aliphatic heterocycles. The predicted molar refractivity (Wildman–Crippen MR) is 110 cm³/mol. The number of fused-ring (bicyclic) bond motifs is 1. The SMILES string of the molecule is Cc1cc(NC(=O)Cc2ccc(F)cc2)n(-c2nc3cc(C)c(C)cc3s2)n1. The molecule has 2 aromatic carbocycles. The van der Waals surface area contributed by atoms with Crippen LogP contribution in [0, 0.1) is 26.6 Å². The number of nitrogens with zero attached hydrogens (tertiary/aromatic N) is 3. The zero-order valence-electron chi connectivity index (χ0n) is 15.8. The third-order valence-corrected chi connectivity index (χ3v) is 5.54. The Morgan fingerprint density at radius 1 is 1.11 bits per heavy atom. The molecule has 4 aromatic rings. The zero-order chi connectivity index (χ0) is 19.8. The van der Waals surface area contributed by atoms with Crippen molar-refractivity contribution in [3.63, 3.8) is 0 Å². The first-order valence-corrected chi connectivity index (χ1v) is 9.70. The number of aryl methyl sites for hydroxylation is 3. The maximum Gasteiger partial charge on any atom is 0.229 e. The second-order valence-electron chi connectivity index (χ2n) is 6.83. The van der Waals surface area contributed by atoms with Crippen LogP contribution in [0.15, 0.2) is 42.5 Å². The molecule has 0 saturated carbocycles. The van der Waals surface area contributed by atoms with Crippen molar-refractivity contribution in [1.29, 1.82) is 0 Å². The van der Waals surface area contributed by atoms with Gasteiger partial charge < -0.3 is 5.32 Å². The normalized spacial score (nSPS) is 11.1. The maximum atomic E-state index is 13.0. The lowest BCUT2D eigenvalue weighted by molar-refractivity contribution is -0.115. The molecule has 0 radical (unpaired) electrons. The summed E-state index contributed by atoms with van der Waals surface area (Å²) in [5.41, 5.74) is 4.84. The van der Waals surface area contributed by atoms with Crippen LogP contribution in [0.5, 0.6) is 0 Å². The van der Waals surface area contributed by atoms with E-state index >= 15 is 0 Å². The minimum Gasteiger partial charge on any atom is -0.310 e. The van der Waals surface area contributed by atoms with Crippen molar-refractivity contribution < 1.29 is 9.18 Å². The minimum atomic E-state index is -0.320. The molecule has 0 unspecified atom stereocenters. The highest BCUT2D eigenvalue weighted by Crippen LogP contribution is 2.29. The lowest BCUT2D eigenvalue weighted by atomic mass is 10.1. The van der Waals surface area contributed by atoms with E-state index in [1.807, 2.05) is 13.0 Å². The van der Waals surface area contributed by atoms with Crippen LogP contribution in [0.4, 0.5) is 10.2 Å². The highest BCUT2D eigenvalue weighted by molar-refractivity contribution is 7.20. The molecule has 2 aromatic heterocycles. The lowest BCUT2D eigenvalue weighted by Crippen LogP contribution is -2.17. The quantitative estimate of drug-likeness (QED) is 0.544. The molecule has 7 heteroatoms. The molecule has 0 bridgehead atoms. The van der Waals surface area contributed by atoms with Gasteiger partial charge in [-0.25, -0.2) is 9.37 Å². The van der Waals surface area contributed by atoms with E-state index in [0.29, 0.717) is 10.9 Å². The fourth-order valence-electron chi connectivity index (χ4n) is 2.97. The number of hydrogen-bond acceptors (Lipinski definition) is 4. The zero-order valence-corrected chi connectivity index (χ0v) is 16.6. The molecule has 142 valence electrons. The van der Waals surface area contributed by atoms with Crippen molar-refractivity contribution in [2.45, 2.75) is 27.2 Å². The third kappa shape index (κ3) is 3.66. The highest BCUT2D eigenvalue weighted by Gasteiger charge is 2.15. The number of thiazole rings is 1. The lowest BCUT2D eigenvalue weighted by Gasteiger charge is -2.06. The maximum absolute atomic E-state index is 13.0. The van der Waals surface area contributed by atoms with E-state index in [1.54, 1.807) is 16.8 Å². The van der Waals surface area contributed by atoms with Crippen LogP contribution in [-0.2, 0) is 11.2 Å². The van der Waals surface area contributed by atoms with Gasteiger partial charge in [0.05, 0.1) is 22.3 Å². The average molecular weight is 394 g/mol. The minimum absolute atomic E-state index is 0.155.